The number of imide groups is 1. The quantitative estimate of drug-likeness (QED) is 0.695. The summed E-state index contributed by atoms with van der Waals surface area (Å²) in [6.07, 6.45) is 2.44. The van der Waals surface area contributed by atoms with Crippen molar-refractivity contribution in [2.45, 2.75) is 31.8 Å². The van der Waals surface area contributed by atoms with Crippen LogP contribution in [0.2, 0.25) is 0 Å². The van der Waals surface area contributed by atoms with E-state index in [0.717, 1.165) is 13.1 Å². The SMILES string of the molecule is COc1cccc([C@@]2(C)NC(=O)N(CN(C)Cc3ccccc3N3CCCC3)C2=O)c1. The molecule has 7 heteroatoms. The maximum Gasteiger partial charge on any atom is 0.326 e. The summed E-state index contributed by atoms with van der Waals surface area (Å²) in [5.41, 5.74) is 2.04. The highest BCUT2D eigenvalue weighted by molar-refractivity contribution is 6.07. The van der Waals surface area contributed by atoms with Gasteiger partial charge in [0.15, 0.2) is 0 Å². The first-order valence-electron chi connectivity index (χ1n) is 10.7. The van der Waals surface area contributed by atoms with E-state index in [4.69, 9.17) is 4.74 Å². The molecule has 31 heavy (non-hydrogen) atoms. The van der Waals surface area contributed by atoms with Crippen molar-refractivity contribution in [3.05, 3.63) is 59.7 Å². The first-order valence-corrected chi connectivity index (χ1v) is 10.7. The highest BCUT2D eigenvalue weighted by Crippen LogP contribution is 2.31. The second kappa shape index (κ2) is 8.59. The maximum absolute atomic E-state index is 13.3. The molecule has 0 aromatic heterocycles. The van der Waals surface area contributed by atoms with Crippen molar-refractivity contribution in [2.75, 3.05) is 38.8 Å². The second-order valence-electron chi connectivity index (χ2n) is 8.50. The molecule has 2 heterocycles. The molecule has 1 N–H and O–H groups in total. The number of carbonyl (C=O) groups is 2. The van der Waals surface area contributed by atoms with Crippen LogP contribution in [0.25, 0.3) is 0 Å². The van der Waals surface area contributed by atoms with Crippen LogP contribution >= 0.6 is 0 Å². The van der Waals surface area contributed by atoms with Crippen molar-refractivity contribution in [3.63, 3.8) is 0 Å². The summed E-state index contributed by atoms with van der Waals surface area (Å²) in [4.78, 5) is 31.7. The maximum atomic E-state index is 13.3. The van der Waals surface area contributed by atoms with Crippen molar-refractivity contribution in [2.24, 2.45) is 0 Å². The zero-order chi connectivity index (χ0) is 22.0. The summed E-state index contributed by atoms with van der Waals surface area (Å²) in [5, 5.41) is 2.87. The number of urea groups is 1. The molecule has 0 spiro atoms. The van der Waals surface area contributed by atoms with Gasteiger partial charge in [-0.1, -0.05) is 30.3 Å². The van der Waals surface area contributed by atoms with Gasteiger partial charge in [0.2, 0.25) is 0 Å². The minimum atomic E-state index is -1.11. The Morgan fingerprint density at radius 1 is 1.10 bits per heavy atom. The summed E-state index contributed by atoms with van der Waals surface area (Å²) in [5.74, 6) is 0.389. The summed E-state index contributed by atoms with van der Waals surface area (Å²) < 4.78 is 5.28. The minimum absolute atomic E-state index is 0.221. The Balaban J connectivity index is 1.48. The molecule has 4 rings (SSSR count). The molecule has 164 valence electrons. The van der Waals surface area contributed by atoms with Gasteiger partial charge >= 0.3 is 6.03 Å². The van der Waals surface area contributed by atoms with Gasteiger partial charge in [0.05, 0.1) is 13.8 Å². The van der Waals surface area contributed by atoms with Crippen LogP contribution in [0.5, 0.6) is 5.75 Å². The molecule has 2 aliphatic rings. The first kappa shape index (κ1) is 21.2. The zero-order valence-corrected chi connectivity index (χ0v) is 18.4. The van der Waals surface area contributed by atoms with Gasteiger partial charge in [-0.15, -0.1) is 0 Å². The molecule has 0 unspecified atom stereocenters. The van der Waals surface area contributed by atoms with Gasteiger partial charge in [0.1, 0.15) is 11.3 Å². The number of carbonyl (C=O) groups excluding carboxylic acids is 2. The predicted molar refractivity (Wildman–Crippen MR) is 120 cm³/mol. The first-order chi connectivity index (χ1) is 14.9. The smallest absolute Gasteiger partial charge is 0.326 e. The molecule has 2 saturated heterocycles. The number of nitrogens with zero attached hydrogens (tertiary/aromatic N) is 3. The van der Waals surface area contributed by atoms with Crippen LogP contribution in [-0.2, 0) is 16.9 Å². The summed E-state index contributed by atoms with van der Waals surface area (Å²) in [7, 11) is 3.51. The molecule has 0 bridgehead atoms. The van der Waals surface area contributed by atoms with E-state index in [2.05, 4.69) is 28.4 Å². The van der Waals surface area contributed by atoms with E-state index in [9.17, 15) is 9.59 Å². The van der Waals surface area contributed by atoms with Gasteiger partial charge in [-0.3, -0.25) is 9.69 Å². The lowest BCUT2D eigenvalue weighted by Gasteiger charge is -2.27. The molecule has 1 atom stereocenters. The Bertz CT molecular complexity index is 973. The van der Waals surface area contributed by atoms with E-state index >= 15 is 0 Å². The topological polar surface area (TPSA) is 65.1 Å². The molecule has 7 nitrogen and oxygen atoms in total. The van der Waals surface area contributed by atoms with E-state index in [0.29, 0.717) is 17.9 Å². The number of anilines is 1. The van der Waals surface area contributed by atoms with Crippen molar-refractivity contribution in [1.29, 1.82) is 0 Å². The second-order valence-corrected chi connectivity index (χ2v) is 8.50. The van der Waals surface area contributed by atoms with Gasteiger partial charge < -0.3 is 15.0 Å². The summed E-state index contributed by atoms with van der Waals surface area (Å²) >= 11 is 0. The third-order valence-electron chi connectivity index (χ3n) is 6.18. The zero-order valence-electron chi connectivity index (χ0n) is 18.4. The number of nitrogens with one attached hydrogen (secondary N) is 1. The average molecular weight is 423 g/mol. The van der Waals surface area contributed by atoms with Crippen LogP contribution in [0.4, 0.5) is 10.5 Å². The Hall–Kier alpha value is -3.06. The number of methoxy groups -OCH3 is 1. The van der Waals surface area contributed by atoms with E-state index in [1.165, 1.54) is 29.0 Å². The normalized spacial score (nSPS) is 21.2. The number of ether oxygens (including phenoxy) is 1. The van der Waals surface area contributed by atoms with Crippen molar-refractivity contribution < 1.29 is 14.3 Å². The summed E-state index contributed by atoms with van der Waals surface area (Å²) in [6, 6.07) is 15.3. The van der Waals surface area contributed by atoms with Gasteiger partial charge in [-0.05, 0) is 56.1 Å². The lowest BCUT2D eigenvalue weighted by atomic mass is 9.92. The highest BCUT2D eigenvalue weighted by atomic mass is 16.5. The monoisotopic (exact) mass is 422 g/mol. The molecule has 0 radical (unpaired) electrons. The van der Waals surface area contributed by atoms with Gasteiger partial charge in [0.25, 0.3) is 5.91 Å². The number of hydrogen-bond acceptors (Lipinski definition) is 5. The van der Waals surface area contributed by atoms with E-state index in [-0.39, 0.29) is 18.6 Å². The molecule has 2 aromatic rings. The van der Waals surface area contributed by atoms with Crippen LogP contribution in [0, 0.1) is 0 Å². The van der Waals surface area contributed by atoms with Gasteiger partial charge in [-0.25, -0.2) is 9.69 Å². The molecule has 2 aliphatic heterocycles. The van der Waals surface area contributed by atoms with Crippen LogP contribution in [0.15, 0.2) is 48.5 Å². The van der Waals surface area contributed by atoms with Gasteiger partial charge in [-0.2, -0.15) is 0 Å². The number of amides is 3. The standard InChI is InChI=1S/C24H30N4O3/c1-24(19-10-8-11-20(15-19)31-3)22(29)28(23(30)25-24)17-26(2)16-18-9-4-5-12-21(18)27-13-6-7-14-27/h4-5,8-12,15H,6-7,13-14,16-17H2,1-3H3,(H,25,30)/t24-/m1/s1. The fourth-order valence-electron chi connectivity index (χ4n) is 4.45. The van der Waals surface area contributed by atoms with E-state index < -0.39 is 5.54 Å². The molecule has 3 amide bonds. The number of benzene rings is 2. The Kier molecular flexibility index (Phi) is 5.87. The van der Waals surface area contributed by atoms with E-state index in [1.54, 1.807) is 20.1 Å². The predicted octanol–water partition coefficient (Wildman–Crippen LogP) is 3.15. The van der Waals surface area contributed by atoms with Gasteiger partial charge in [0, 0.05) is 25.3 Å². The van der Waals surface area contributed by atoms with Crippen molar-refractivity contribution in [1.82, 2.24) is 15.1 Å². The van der Waals surface area contributed by atoms with Crippen LogP contribution in [0.3, 0.4) is 0 Å². The van der Waals surface area contributed by atoms with Crippen LogP contribution in [-0.4, -0.2) is 55.7 Å². The fraction of sp³-hybridized carbons (Fsp3) is 0.417. The molecular weight excluding hydrogens is 392 g/mol. The molecule has 2 aromatic carbocycles. The Labute approximate surface area is 183 Å². The van der Waals surface area contributed by atoms with Crippen LogP contribution in [0.1, 0.15) is 30.9 Å². The average Bonchev–Trinajstić information content (AvgIpc) is 3.38. The van der Waals surface area contributed by atoms with Crippen molar-refractivity contribution in [3.8, 4) is 5.75 Å². The summed E-state index contributed by atoms with van der Waals surface area (Å²) in [6.45, 7) is 4.77. The van der Waals surface area contributed by atoms with Crippen molar-refractivity contribution >= 4 is 17.6 Å². The molecule has 0 saturated carbocycles. The fourth-order valence-corrected chi connectivity index (χ4v) is 4.45. The third kappa shape index (κ3) is 4.10. The van der Waals surface area contributed by atoms with E-state index in [1.807, 2.05) is 36.2 Å². The molecule has 0 aliphatic carbocycles. The number of para-hydroxylation sites is 1. The molecular formula is C24H30N4O3. The highest BCUT2D eigenvalue weighted by Gasteiger charge is 2.49. The number of rotatable bonds is 7. The largest absolute Gasteiger partial charge is 0.497 e. The lowest BCUT2D eigenvalue weighted by Crippen LogP contribution is -2.43. The minimum Gasteiger partial charge on any atom is -0.497 e. The number of hydrogen-bond donors (Lipinski definition) is 1. The third-order valence-corrected chi connectivity index (χ3v) is 6.18. The van der Waals surface area contributed by atoms with Crippen LogP contribution < -0.4 is 15.0 Å². The lowest BCUT2D eigenvalue weighted by molar-refractivity contribution is -0.132. The Morgan fingerprint density at radius 3 is 2.58 bits per heavy atom. The molecule has 2 fully saturated rings. The Morgan fingerprint density at radius 2 is 1.84 bits per heavy atom.